The zero-order valence-electron chi connectivity index (χ0n) is 18.0. The van der Waals surface area contributed by atoms with E-state index in [1.165, 1.54) is 59.1 Å². The van der Waals surface area contributed by atoms with Crippen molar-refractivity contribution in [1.29, 1.82) is 0 Å². The zero-order valence-corrected chi connectivity index (χ0v) is 19.6. The molecule has 2 nitrogen and oxygen atoms in total. The average Bonchev–Trinajstić information content (AvgIpc) is 3.01. The third-order valence-electron chi connectivity index (χ3n) is 6.61. The summed E-state index contributed by atoms with van der Waals surface area (Å²) >= 11 is 3.58. The van der Waals surface area contributed by atoms with Gasteiger partial charge in [0.15, 0.2) is 0 Å². The van der Waals surface area contributed by atoms with Crippen LogP contribution in [-0.4, -0.2) is 0 Å². The van der Waals surface area contributed by atoms with Crippen LogP contribution in [0.4, 0.5) is 11.4 Å². The van der Waals surface area contributed by atoms with Crippen molar-refractivity contribution in [3.8, 4) is 22.3 Å². The molecule has 0 heterocycles. The molecule has 0 bridgehead atoms. The Bertz CT molecular complexity index is 1050. The van der Waals surface area contributed by atoms with Crippen LogP contribution in [0, 0.1) is 0 Å². The van der Waals surface area contributed by atoms with Gasteiger partial charge in [0, 0.05) is 26.8 Å². The largest absolute Gasteiger partial charge is 0.399 e. The van der Waals surface area contributed by atoms with Crippen LogP contribution in [0.15, 0.2) is 59.1 Å². The number of anilines is 2. The Balaban J connectivity index is 2.05. The second-order valence-electron chi connectivity index (χ2n) is 8.55. The zero-order chi connectivity index (χ0) is 21.3. The van der Waals surface area contributed by atoms with E-state index >= 15 is 0 Å². The minimum absolute atomic E-state index is 0.0378. The lowest BCUT2D eigenvalue weighted by Crippen LogP contribution is -2.26. The number of hydrogen-bond donors (Lipinski definition) is 2. The van der Waals surface area contributed by atoms with E-state index in [0.717, 1.165) is 28.7 Å². The number of fused-ring (bicyclic) bond motifs is 3. The highest BCUT2D eigenvalue weighted by Gasteiger charge is 2.44. The summed E-state index contributed by atoms with van der Waals surface area (Å²) in [5, 5.41) is 0. The number of hydrogen-bond acceptors (Lipinski definition) is 2. The molecular formula is C27H31BrN2. The molecular weight excluding hydrogens is 432 g/mol. The van der Waals surface area contributed by atoms with Gasteiger partial charge in [-0.1, -0.05) is 79.7 Å². The molecule has 3 heteroatoms. The van der Waals surface area contributed by atoms with Gasteiger partial charge in [0.2, 0.25) is 0 Å². The lowest BCUT2D eigenvalue weighted by Gasteiger charge is -2.34. The Hall–Kier alpha value is -2.26. The molecule has 0 aromatic heterocycles. The lowest BCUT2D eigenvalue weighted by molar-refractivity contribution is 0.415. The Morgan fingerprint density at radius 1 is 0.800 bits per heavy atom. The fourth-order valence-electron chi connectivity index (χ4n) is 5.20. The van der Waals surface area contributed by atoms with E-state index in [1.54, 1.807) is 0 Å². The van der Waals surface area contributed by atoms with Crippen LogP contribution in [0.3, 0.4) is 0 Å². The summed E-state index contributed by atoms with van der Waals surface area (Å²) in [7, 11) is 0. The van der Waals surface area contributed by atoms with E-state index in [0.29, 0.717) is 0 Å². The molecule has 0 saturated carbocycles. The summed E-state index contributed by atoms with van der Waals surface area (Å²) in [4.78, 5) is 0. The first-order valence-corrected chi connectivity index (χ1v) is 11.9. The van der Waals surface area contributed by atoms with E-state index < -0.39 is 0 Å². The highest BCUT2D eigenvalue weighted by molar-refractivity contribution is 9.10. The van der Waals surface area contributed by atoms with Crippen LogP contribution in [0.2, 0.25) is 0 Å². The molecule has 0 amide bonds. The van der Waals surface area contributed by atoms with Crippen LogP contribution < -0.4 is 11.5 Å². The second-order valence-corrected chi connectivity index (χ2v) is 9.47. The van der Waals surface area contributed by atoms with Crippen molar-refractivity contribution in [1.82, 2.24) is 0 Å². The maximum Gasteiger partial charge on any atom is 0.0397 e. The number of rotatable bonds is 7. The maximum absolute atomic E-state index is 6.67. The standard InChI is InChI=1S/C27H31BrN2/c1-3-5-15-27(16-6-4-2)23-17-20(29)11-12-21(23)22-13-14-24(30)25(26(22)27)18-7-9-19(28)10-8-18/h7-14,17H,3-6,15-16,29-30H2,1-2H3. The van der Waals surface area contributed by atoms with Gasteiger partial charge in [-0.2, -0.15) is 0 Å². The molecule has 0 saturated heterocycles. The summed E-state index contributed by atoms with van der Waals surface area (Å²) in [6.07, 6.45) is 6.98. The van der Waals surface area contributed by atoms with Crippen molar-refractivity contribution in [3.05, 3.63) is 70.2 Å². The predicted octanol–water partition coefficient (Wildman–Crippen LogP) is 7.93. The maximum atomic E-state index is 6.67. The molecule has 0 spiro atoms. The third kappa shape index (κ3) is 3.43. The van der Waals surface area contributed by atoms with Crippen LogP contribution in [0.25, 0.3) is 22.3 Å². The van der Waals surface area contributed by atoms with Crippen molar-refractivity contribution in [2.24, 2.45) is 0 Å². The average molecular weight is 463 g/mol. The van der Waals surface area contributed by atoms with Crippen molar-refractivity contribution >= 4 is 27.3 Å². The summed E-state index contributed by atoms with van der Waals surface area (Å²) in [6.45, 7) is 4.55. The summed E-state index contributed by atoms with van der Waals surface area (Å²) in [6, 6.07) is 19.3. The Morgan fingerprint density at radius 2 is 1.43 bits per heavy atom. The minimum Gasteiger partial charge on any atom is -0.399 e. The molecule has 30 heavy (non-hydrogen) atoms. The molecule has 4 N–H and O–H groups in total. The Kier molecular flexibility index (Phi) is 5.92. The molecule has 3 aromatic carbocycles. The van der Waals surface area contributed by atoms with Crippen molar-refractivity contribution < 1.29 is 0 Å². The minimum atomic E-state index is -0.0378. The monoisotopic (exact) mass is 462 g/mol. The second kappa shape index (κ2) is 8.47. The van der Waals surface area contributed by atoms with Crippen LogP contribution >= 0.6 is 15.9 Å². The first-order valence-electron chi connectivity index (χ1n) is 11.1. The third-order valence-corrected chi connectivity index (χ3v) is 7.14. The molecule has 0 aliphatic heterocycles. The number of nitrogen functional groups attached to an aromatic ring is 2. The highest BCUT2D eigenvalue weighted by atomic mass is 79.9. The quantitative estimate of drug-likeness (QED) is 0.350. The number of nitrogens with two attached hydrogens (primary N) is 2. The first kappa shape index (κ1) is 21.0. The van der Waals surface area contributed by atoms with Gasteiger partial charge in [-0.3, -0.25) is 0 Å². The van der Waals surface area contributed by atoms with Crippen molar-refractivity contribution in [2.75, 3.05) is 11.5 Å². The van der Waals surface area contributed by atoms with Gasteiger partial charge in [-0.15, -0.1) is 0 Å². The fourth-order valence-corrected chi connectivity index (χ4v) is 5.46. The van der Waals surface area contributed by atoms with Gasteiger partial charge in [-0.25, -0.2) is 0 Å². The fraction of sp³-hybridized carbons (Fsp3) is 0.333. The van der Waals surface area contributed by atoms with E-state index in [-0.39, 0.29) is 5.41 Å². The van der Waals surface area contributed by atoms with Gasteiger partial charge in [-0.05, 0) is 71.0 Å². The van der Waals surface area contributed by atoms with Gasteiger partial charge in [0.05, 0.1) is 0 Å². The molecule has 1 aliphatic carbocycles. The number of benzene rings is 3. The molecule has 3 aromatic rings. The molecule has 0 radical (unpaired) electrons. The van der Waals surface area contributed by atoms with E-state index in [9.17, 15) is 0 Å². The summed E-state index contributed by atoms with van der Waals surface area (Å²) in [5.74, 6) is 0. The number of halogens is 1. The molecule has 4 rings (SSSR count). The Labute approximate surface area is 188 Å². The van der Waals surface area contributed by atoms with Gasteiger partial charge < -0.3 is 11.5 Å². The number of unbranched alkanes of at least 4 members (excludes halogenated alkanes) is 2. The molecule has 0 unspecified atom stereocenters. The topological polar surface area (TPSA) is 52.0 Å². The molecule has 1 aliphatic rings. The SMILES string of the molecule is CCCCC1(CCCC)c2cc(N)ccc2-c2ccc(N)c(-c3ccc(Br)cc3)c21. The summed E-state index contributed by atoms with van der Waals surface area (Å²) < 4.78 is 1.08. The highest BCUT2D eigenvalue weighted by Crippen LogP contribution is 2.58. The normalized spacial score (nSPS) is 13.8. The van der Waals surface area contributed by atoms with Gasteiger partial charge in [0.1, 0.15) is 0 Å². The van der Waals surface area contributed by atoms with E-state index in [4.69, 9.17) is 11.5 Å². The van der Waals surface area contributed by atoms with Crippen LogP contribution in [-0.2, 0) is 5.41 Å². The molecule has 0 fully saturated rings. The summed E-state index contributed by atoms with van der Waals surface area (Å²) in [5.41, 5.74) is 22.5. The first-order chi connectivity index (χ1) is 14.5. The van der Waals surface area contributed by atoms with E-state index in [1.807, 2.05) is 6.07 Å². The van der Waals surface area contributed by atoms with Crippen LogP contribution in [0.5, 0.6) is 0 Å². The van der Waals surface area contributed by atoms with E-state index in [2.05, 4.69) is 78.3 Å². The van der Waals surface area contributed by atoms with Gasteiger partial charge in [0.25, 0.3) is 0 Å². The Morgan fingerprint density at radius 3 is 2.07 bits per heavy atom. The van der Waals surface area contributed by atoms with Crippen LogP contribution in [0.1, 0.15) is 63.5 Å². The van der Waals surface area contributed by atoms with Gasteiger partial charge >= 0.3 is 0 Å². The predicted molar refractivity (Wildman–Crippen MR) is 134 cm³/mol. The molecule has 0 atom stereocenters. The smallest absolute Gasteiger partial charge is 0.0397 e. The lowest BCUT2D eigenvalue weighted by atomic mass is 9.68. The van der Waals surface area contributed by atoms with Crippen molar-refractivity contribution in [3.63, 3.8) is 0 Å². The van der Waals surface area contributed by atoms with Crippen molar-refractivity contribution in [2.45, 2.75) is 57.8 Å². The molecule has 156 valence electrons.